The monoisotopic (exact) mass is 343 g/mol. The van der Waals surface area contributed by atoms with Crippen molar-refractivity contribution < 1.29 is 31.1 Å². The van der Waals surface area contributed by atoms with Gasteiger partial charge >= 0.3 is 6.36 Å². The van der Waals surface area contributed by atoms with Crippen LogP contribution >= 0.6 is 0 Å². The quantitative estimate of drug-likeness (QED) is 0.864. The third kappa shape index (κ3) is 2.74. The molecule has 0 aliphatic carbocycles. The van der Waals surface area contributed by atoms with Gasteiger partial charge in [-0.1, -0.05) is 12.1 Å². The normalized spacial score (nSPS) is 15.9. The average Bonchev–Trinajstić information content (AvgIpc) is 2.52. The Kier molecular flexibility index (Phi) is 3.33. The number of nitrogens with one attached hydrogen (secondary N) is 1. The summed E-state index contributed by atoms with van der Waals surface area (Å²) in [5.41, 5.74) is -0.352. The van der Waals surface area contributed by atoms with E-state index in [0.717, 1.165) is 18.2 Å². The standard InChI is InChI=1S/C14H8F3NO4S/c15-14(16,17)22-8-5-6-12-10(7-8)18-13(19)9-3-1-2-4-11(9)23(12,20)21/h1-7H,(H,18,19). The van der Waals surface area contributed by atoms with Crippen LogP contribution in [0.5, 0.6) is 5.75 Å². The maximum atomic E-state index is 12.6. The summed E-state index contributed by atoms with van der Waals surface area (Å²) in [4.78, 5) is 11.6. The van der Waals surface area contributed by atoms with Crippen molar-refractivity contribution in [1.82, 2.24) is 0 Å². The number of fused-ring (bicyclic) bond motifs is 2. The number of sulfone groups is 1. The maximum Gasteiger partial charge on any atom is 0.573 e. The van der Waals surface area contributed by atoms with Crippen LogP contribution in [0.15, 0.2) is 52.3 Å². The third-order valence-electron chi connectivity index (χ3n) is 3.14. The lowest BCUT2D eigenvalue weighted by atomic mass is 10.2. The Hall–Kier alpha value is -2.55. The fourth-order valence-electron chi connectivity index (χ4n) is 2.23. The predicted octanol–water partition coefficient (Wildman–Crippen LogP) is 2.98. The lowest BCUT2D eigenvalue weighted by Crippen LogP contribution is -2.17. The number of rotatable bonds is 1. The Labute approximate surface area is 128 Å². The molecular weight excluding hydrogens is 335 g/mol. The first-order chi connectivity index (χ1) is 10.7. The highest BCUT2D eigenvalue weighted by molar-refractivity contribution is 7.91. The molecule has 0 unspecified atom stereocenters. The van der Waals surface area contributed by atoms with Gasteiger partial charge in [0.2, 0.25) is 9.84 Å². The fourth-order valence-corrected chi connectivity index (χ4v) is 3.83. The van der Waals surface area contributed by atoms with Gasteiger partial charge in [0.15, 0.2) is 0 Å². The van der Waals surface area contributed by atoms with Gasteiger partial charge in [-0.05, 0) is 24.3 Å². The second kappa shape index (κ2) is 4.98. The van der Waals surface area contributed by atoms with Crippen molar-refractivity contribution in [2.75, 3.05) is 5.32 Å². The van der Waals surface area contributed by atoms with E-state index in [1.807, 2.05) is 0 Å². The Morgan fingerprint density at radius 2 is 1.70 bits per heavy atom. The summed E-state index contributed by atoms with van der Waals surface area (Å²) in [5.74, 6) is -1.36. The molecule has 9 heteroatoms. The first-order valence-electron chi connectivity index (χ1n) is 6.24. The highest BCUT2D eigenvalue weighted by atomic mass is 32.2. The van der Waals surface area contributed by atoms with Crippen molar-refractivity contribution in [3.63, 3.8) is 0 Å². The molecule has 0 bridgehead atoms. The minimum absolute atomic E-state index is 0.0815. The molecular formula is C14H8F3NO4S. The SMILES string of the molecule is O=C1Nc2cc(OC(F)(F)F)ccc2S(=O)(=O)c2ccccc21. The Morgan fingerprint density at radius 3 is 2.39 bits per heavy atom. The van der Waals surface area contributed by atoms with Crippen LogP contribution in [0.3, 0.4) is 0 Å². The van der Waals surface area contributed by atoms with Gasteiger partial charge in [-0.15, -0.1) is 13.2 Å². The predicted molar refractivity (Wildman–Crippen MR) is 73.0 cm³/mol. The number of carbonyl (C=O) groups is 1. The Balaban J connectivity index is 2.18. The lowest BCUT2D eigenvalue weighted by molar-refractivity contribution is -0.274. The van der Waals surface area contributed by atoms with Gasteiger partial charge in [0.1, 0.15) is 5.75 Å². The molecule has 2 aromatic rings. The lowest BCUT2D eigenvalue weighted by Gasteiger charge is -2.12. The van der Waals surface area contributed by atoms with Crippen molar-refractivity contribution in [2.45, 2.75) is 16.2 Å². The van der Waals surface area contributed by atoms with E-state index in [0.29, 0.717) is 0 Å². The van der Waals surface area contributed by atoms with Gasteiger partial charge in [-0.3, -0.25) is 4.79 Å². The van der Waals surface area contributed by atoms with E-state index in [1.54, 1.807) is 0 Å². The summed E-state index contributed by atoms with van der Waals surface area (Å²) in [6.45, 7) is 0. The summed E-state index contributed by atoms with van der Waals surface area (Å²) < 4.78 is 65.8. The van der Waals surface area contributed by atoms with Gasteiger partial charge < -0.3 is 10.1 Å². The highest BCUT2D eigenvalue weighted by Crippen LogP contribution is 2.36. The number of ether oxygens (including phenoxy) is 1. The van der Waals surface area contributed by atoms with Gasteiger partial charge in [0.05, 0.1) is 21.0 Å². The van der Waals surface area contributed by atoms with Crippen LogP contribution in [-0.2, 0) is 9.84 Å². The van der Waals surface area contributed by atoms with Crippen LogP contribution in [0.25, 0.3) is 0 Å². The van der Waals surface area contributed by atoms with Crippen LogP contribution in [0.4, 0.5) is 18.9 Å². The van der Waals surface area contributed by atoms with E-state index in [1.165, 1.54) is 24.3 Å². The van der Waals surface area contributed by atoms with Crippen LogP contribution in [-0.4, -0.2) is 20.7 Å². The molecule has 1 heterocycles. The van der Waals surface area contributed by atoms with Gasteiger partial charge in [-0.25, -0.2) is 8.42 Å². The van der Waals surface area contributed by atoms with E-state index in [2.05, 4.69) is 10.1 Å². The molecule has 23 heavy (non-hydrogen) atoms. The Bertz CT molecular complexity index is 906. The number of benzene rings is 2. The summed E-state index contributed by atoms with van der Waals surface area (Å²) in [6.07, 6.45) is -4.93. The van der Waals surface area contributed by atoms with E-state index in [9.17, 15) is 26.4 Å². The number of halogens is 3. The van der Waals surface area contributed by atoms with Gasteiger partial charge in [0.25, 0.3) is 5.91 Å². The average molecular weight is 343 g/mol. The molecule has 0 spiro atoms. The maximum absolute atomic E-state index is 12.6. The Morgan fingerprint density at radius 1 is 1.00 bits per heavy atom. The molecule has 0 saturated heterocycles. The molecule has 1 amide bonds. The first-order valence-corrected chi connectivity index (χ1v) is 7.72. The topological polar surface area (TPSA) is 72.5 Å². The van der Waals surface area contributed by atoms with Crippen molar-refractivity contribution in [1.29, 1.82) is 0 Å². The van der Waals surface area contributed by atoms with Crippen LogP contribution in [0.1, 0.15) is 10.4 Å². The van der Waals surface area contributed by atoms with Crippen molar-refractivity contribution >= 4 is 21.4 Å². The number of hydrogen-bond acceptors (Lipinski definition) is 4. The van der Waals surface area contributed by atoms with Gasteiger partial charge in [0, 0.05) is 6.07 Å². The number of anilines is 1. The molecule has 0 radical (unpaired) electrons. The molecule has 0 fully saturated rings. The molecule has 3 rings (SSSR count). The molecule has 1 aliphatic rings. The van der Waals surface area contributed by atoms with Crippen molar-refractivity contribution in [2.24, 2.45) is 0 Å². The van der Waals surface area contributed by atoms with Crippen LogP contribution in [0, 0.1) is 0 Å². The second-order valence-electron chi connectivity index (χ2n) is 4.66. The fraction of sp³-hybridized carbons (Fsp3) is 0.0714. The minimum Gasteiger partial charge on any atom is -0.406 e. The van der Waals surface area contributed by atoms with E-state index in [4.69, 9.17) is 0 Å². The zero-order chi connectivity index (χ0) is 16.8. The summed E-state index contributed by atoms with van der Waals surface area (Å²) in [7, 11) is -4.05. The molecule has 120 valence electrons. The molecule has 2 aromatic carbocycles. The molecule has 0 saturated carbocycles. The molecule has 0 atom stereocenters. The van der Waals surface area contributed by atoms with Crippen molar-refractivity contribution in [3.8, 4) is 5.75 Å². The van der Waals surface area contributed by atoms with Gasteiger partial charge in [-0.2, -0.15) is 0 Å². The zero-order valence-electron chi connectivity index (χ0n) is 11.2. The number of alkyl halides is 3. The van der Waals surface area contributed by atoms with Crippen molar-refractivity contribution in [3.05, 3.63) is 48.0 Å². The largest absolute Gasteiger partial charge is 0.573 e. The van der Waals surface area contributed by atoms with E-state index < -0.39 is 27.9 Å². The van der Waals surface area contributed by atoms with Crippen LogP contribution < -0.4 is 10.1 Å². The van der Waals surface area contributed by atoms with E-state index >= 15 is 0 Å². The minimum atomic E-state index is -4.93. The second-order valence-corrected chi connectivity index (χ2v) is 6.55. The number of amides is 1. The van der Waals surface area contributed by atoms with E-state index in [-0.39, 0.29) is 21.0 Å². The molecule has 5 nitrogen and oxygen atoms in total. The number of carbonyl (C=O) groups excluding carboxylic acids is 1. The highest BCUT2D eigenvalue weighted by Gasteiger charge is 2.34. The third-order valence-corrected chi connectivity index (χ3v) is 5.01. The van der Waals surface area contributed by atoms with Crippen LogP contribution in [0.2, 0.25) is 0 Å². The first kappa shape index (κ1) is 15.3. The molecule has 0 aromatic heterocycles. The summed E-state index contributed by atoms with van der Waals surface area (Å²) >= 11 is 0. The summed E-state index contributed by atoms with van der Waals surface area (Å²) in [6, 6.07) is 8.20. The zero-order valence-corrected chi connectivity index (χ0v) is 12.0. The molecule has 1 aliphatic heterocycles. The smallest absolute Gasteiger partial charge is 0.406 e. The molecule has 1 N–H and O–H groups in total. The number of hydrogen-bond donors (Lipinski definition) is 1. The summed E-state index contributed by atoms with van der Waals surface area (Å²) in [5, 5.41) is 2.29.